The zero-order valence-electron chi connectivity index (χ0n) is 12.0. The third-order valence-electron chi connectivity index (χ3n) is 3.07. The highest BCUT2D eigenvalue weighted by Crippen LogP contribution is 2.29. The zero-order chi connectivity index (χ0) is 15.1. The Morgan fingerprint density at radius 2 is 1.86 bits per heavy atom. The molecule has 1 unspecified atom stereocenters. The van der Waals surface area contributed by atoms with E-state index in [9.17, 15) is 4.79 Å². The number of carbonyl (C=O) groups is 1. The summed E-state index contributed by atoms with van der Waals surface area (Å²) < 4.78 is 5.15. The first-order chi connectivity index (χ1) is 10.2. The smallest absolute Gasteiger partial charge is 0.176 e. The molecule has 2 aromatic rings. The van der Waals surface area contributed by atoms with E-state index in [2.05, 4.69) is 6.58 Å². The van der Waals surface area contributed by atoms with Crippen LogP contribution >= 0.6 is 11.8 Å². The monoisotopic (exact) mass is 298 g/mol. The molecular formula is C18H18O2S. The Morgan fingerprint density at radius 1 is 1.19 bits per heavy atom. The van der Waals surface area contributed by atoms with Crippen LogP contribution in [0.25, 0.3) is 0 Å². The van der Waals surface area contributed by atoms with Gasteiger partial charge in [-0.2, -0.15) is 0 Å². The van der Waals surface area contributed by atoms with Gasteiger partial charge >= 0.3 is 0 Å². The quantitative estimate of drug-likeness (QED) is 0.424. The summed E-state index contributed by atoms with van der Waals surface area (Å²) in [7, 11) is 1.64. The van der Waals surface area contributed by atoms with Crippen LogP contribution in [0.3, 0.4) is 0 Å². The van der Waals surface area contributed by atoms with E-state index >= 15 is 0 Å². The number of ketones is 1. The minimum atomic E-state index is -0.154. The van der Waals surface area contributed by atoms with Gasteiger partial charge in [0.2, 0.25) is 0 Å². The van der Waals surface area contributed by atoms with Gasteiger partial charge in [-0.3, -0.25) is 4.79 Å². The van der Waals surface area contributed by atoms with Gasteiger partial charge in [-0.15, -0.1) is 18.3 Å². The number of ether oxygens (including phenoxy) is 1. The topological polar surface area (TPSA) is 26.3 Å². The minimum Gasteiger partial charge on any atom is -0.497 e. The van der Waals surface area contributed by atoms with Gasteiger partial charge in [-0.25, -0.2) is 0 Å². The molecule has 0 saturated carbocycles. The fourth-order valence-corrected chi connectivity index (χ4v) is 3.06. The molecule has 21 heavy (non-hydrogen) atoms. The molecule has 0 fully saturated rings. The minimum absolute atomic E-state index is 0.135. The van der Waals surface area contributed by atoms with Gasteiger partial charge in [-0.05, 0) is 30.7 Å². The molecule has 0 spiro atoms. The lowest BCUT2D eigenvalue weighted by Gasteiger charge is -2.14. The van der Waals surface area contributed by atoms with E-state index in [0.29, 0.717) is 6.42 Å². The second-order valence-corrected chi connectivity index (χ2v) is 5.81. The van der Waals surface area contributed by atoms with Gasteiger partial charge in [0.15, 0.2) is 5.78 Å². The number of Topliss-reactive ketones (excluding diaryl/α,β-unsaturated/α-hetero) is 1. The van der Waals surface area contributed by atoms with Crippen molar-refractivity contribution in [2.24, 2.45) is 0 Å². The summed E-state index contributed by atoms with van der Waals surface area (Å²) in [6, 6.07) is 17.1. The molecule has 0 saturated heterocycles. The van der Waals surface area contributed by atoms with Crippen molar-refractivity contribution in [2.75, 3.05) is 7.11 Å². The highest BCUT2D eigenvalue weighted by Gasteiger charge is 2.19. The first-order valence-corrected chi connectivity index (χ1v) is 7.63. The van der Waals surface area contributed by atoms with Gasteiger partial charge in [0.25, 0.3) is 0 Å². The van der Waals surface area contributed by atoms with Crippen LogP contribution in [0.1, 0.15) is 16.8 Å². The molecule has 0 bridgehead atoms. The molecule has 0 radical (unpaired) electrons. The molecule has 3 heteroatoms. The van der Waals surface area contributed by atoms with Crippen molar-refractivity contribution in [1.82, 2.24) is 0 Å². The Kier molecular flexibility index (Phi) is 5.64. The van der Waals surface area contributed by atoms with E-state index < -0.39 is 0 Å². The fraction of sp³-hybridized carbons (Fsp3) is 0.167. The molecule has 2 nitrogen and oxygen atoms in total. The largest absolute Gasteiger partial charge is 0.497 e. The van der Waals surface area contributed by atoms with Crippen LogP contribution in [0.4, 0.5) is 0 Å². The zero-order valence-corrected chi connectivity index (χ0v) is 12.8. The molecule has 1 atom stereocenters. The van der Waals surface area contributed by atoms with Crippen LogP contribution in [0.2, 0.25) is 0 Å². The lowest BCUT2D eigenvalue weighted by atomic mass is 10.1. The molecule has 2 aromatic carbocycles. The van der Waals surface area contributed by atoms with Crippen molar-refractivity contribution in [3.8, 4) is 5.75 Å². The Labute approximate surface area is 129 Å². The maximum atomic E-state index is 12.6. The maximum absolute atomic E-state index is 12.6. The first-order valence-electron chi connectivity index (χ1n) is 6.75. The van der Waals surface area contributed by atoms with Crippen LogP contribution in [0, 0.1) is 0 Å². The summed E-state index contributed by atoms with van der Waals surface area (Å²) >= 11 is 1.56. The van der Waals surface area contributed by atoms with Crippen molar-refractivity contribution >= 4 is 17.5 Å². The van der Waals surface area contributed by atoms with Crippen molar-refractivity contribution in [2.45, 2.75) is 16.6 Å². The van der Waals surface area contributed by atoms with Crippen LogP contribution in [-0.4, -0.2) is 18.1 Å². The van der Waals surface area contributed by atoms with Gasteiger partial charge in [0, 0.05) is 10.5 Å². The summed E-state index contributed by atoms with van der Waals surface area (Å²) in [5.41, 5.74) is 0.741. The summed E-state index contributed by atoms with van der Waals surface area (Å²) in [4.78, 5) is 13.6. The first kappa shape index (κ1) is 15.4. The lowest BCUT2D eigenvalue weighted by Crippen LogP contribution is -2.16. The average Bonchev–Trinajstić information content (AvgIpc) is 2.55. The van der Waals surface area contributed by atoms with Gasteiger partial charge in [0.1, 0.15) is 5.75 Å². The Hall–Kier alpha value is -2.00. The van der Waals surface area contributed by atoms with Crippen molar-refractivity contribution in [3.63, 3.8) is 0 Å². The summed E-state index contributed by atoms with van der Waals surface area (Å²) in [6.07, 6.45) is 2.44. The number of thioether (sulfide) groups is 1. The molecule has 0 amide bonds. The Bertz CT molecular complexity index is 590. The Morgan fingerprint density at radius 3 is 2.43 bits per heavy atom. The van der Waals surface area contributed by atoms with Gasteiger partial charge in [-0.1, -0.05) is 36.4 Å². The second kappa shape index (κ2) is 7.70. The predicted molar refractivity (Wildman–Crippen MR) is 88.2 cm³/mol. The van der Waals surface area contributed by atoms with E-state index in [1.54, 1.807) is 24.9 Å². The van der Waals surface area contributed by atoms with E-state index in [1.165, 1.54) is 0 Å². The highest BCUT2D eigenvalue weighted by molar-refractivity contribution is 8.00. The van der Waals surface area contributed by atoms with Crippen molar-refractivity contribution in [1.29, 1.82) is 0 Å². The fourth-order valence-electron chi connectivity index (χ4n) is 1.97. The number of benzene rings is 2. The number of allylic oxidation sites excluding steroid dienone is 1. The average molecular weight is 298 g/mol. The molecular weight excluding hydrogens is 280 g/mol. The molecule has 0 aliphatic rings. The third kappa shape index (κ3) is 4.23. The van der Waals surface area contributed by atoms with Crippen LogP contribution in [0.5, 0.6) is 5.75 Å². The highest BCUT2D eigenvalue weighted by atomic mass is 32.2. The molecule has 2 rings (SSSR count). The number of hydrogen-bond acceptors (Lipinski definition) is 3. The van der Waals surface area contributed by atoms with E-state index in [4.69, 9.17) is 4.74 Å². The van der Waals surface area contributed by atoms with Gasteiger partial charge in [0.05, 0.1) is 12.4 Å². The standard InChI is InChI=1S/C18H18O2S/c1-3-7-17(18(19)14-8-5-4-6-9-14)21-16-12-10-15(20-2)11-13-16/h3-6,8-13,17H,1,7H2,2H3. The number of rotatable bonds is 7. The van der Waals surface area contributed by atoms with Crippen LogP contribution < -0.4 is 4.74 Å². The van der Waals surface area contributed by atoms with Crippen molar-refractivity contribution in [3.05, 3.63) is 72.8 Å². The maximum Gasteiger partial charge on any atom is 0.176 e. The molecule has 0 N–H and O–H groups in total. The SMILES string of the molecule is C=CCC(Sc1ccc(OC)cc1)C(=O)c1ccccc1. The Balaban J connectivity index is 2.14. The van der Waals surface area contributed by atoms with E-state index in [1.807, 2.05) is 54.6 Å². The third-order valence-corrected chi connectivity index (χ3v) is 4.30. The summed E-state index contributed by atoms with van der Waals surface area (Å²) in [5, 5.41) is -0.154. The number of methoxy groups -OCH3 is 1. The molecule has 108 valence electrons. The summed E-state index contributed by atoms with van der Waals surface area (Å²) in [5.74, 6) is 0.949. The second-order valence-electron chi connectivity index (χ2n) is 4.54. The summed E-state index contributed by atoms with van der Waals surface area (Å²) in [6.45, 7) is 3.76. The normalized spacial score (nSPS) is 11.7. The van der Waals surface area contributed by atoms with Crippen molar-refractivity contribution < 1.29 is 9.53 Å². The predicted octanol–water partition coefficient (Wildman–Crippen LogP) is 4.61. The van der Waals surface area contributed by atoms with E-state index in [0.717, 1.165) is 16.2 Å². The molecule has 0 aromatic heterocycles. The molecule has 0 heterocycles. The van der Waals surface area contributed by atoms with E-state index in [-0.39, 0.29) is 11.0 Å². The molecule has 0 aliphatic carbocycles. The molecule has 0 aliphatic heterocycles. The van der Waals surface area contributed by atoms with Crippen LogP contribution in [0.15, 0.2) is 72.1 Å². The van der Waals surface area contributed by atoms with Gasteiger partial charge < -0.3 is 4.74 Å². The number of hydrogen-bond donors (Lipinski definition) is 0. The van der Waals surface area contributed by atoms with Crippen LogP contribution in [-0.2, 0) is 0 Å². The lowest BCUT2D eigenvalue weighted by molar-refractivity contribution is 0.0990. The number of carbonyl (C=O) groups excluding carboxylic acids is 1.